The van der Waals surface area contributed by atoms with Crippen molar-refractivity contribution < 1.29 is 18.3 Å². The second-order valence-corrected chi connectivity index (χ2v) is 4.02. The molecule has 1 unspecified atom stereocenters. The highest BCUT2D eigenvalue weighted by molar-refractivity contribution is 5.83. The Bertz CT molecular complexity index is 496. The van der Waals surface area contributed by atoms with Crippen LogP contribution in [0.1, 0.15) is 25.8 Å². The average molecular weight is 253 g/mol. The average Bonchev–Trinajstić information content (AvgIpc) is 2.33. The zero-order valence-electron chi connectivity index (χ0n) is 10.2. The third-order valence-electron chi connectivity index (χ3n) is 2.72. The molecule has 1 rings (SSSR count). The number of hydrogen-bond donors (Lipinski definition) is 0. The fraction of sp³-hybridized carbons (Fsp3) is 0.385. The van der Waals surface area contributed by atoms with E-state index in [4.69, 9.17) is 10.00 Å². The molecule has 0 N–H and O–H groups in total. The number of nitrogens with zero attached hydrogens (tertiary/aromatic N) is 1. The third kappa shape index (κ3) is 2.65. The highest BCUT2D eigenvalue weighted by Gasteiger charge is 2.37. The van der Waals surface area contributed by atoms with Crippen LogP contribution in [0.25, 0.3) is 0 Å². The molecule has 0 aliphatic carbocycles. The van der Waals surface area contributed by atoms with Gasteiger partial charge in [0.15, 0.2) is 11.6 Å². The number of ether oxygens (including phenoxy) is 1. The topological polar surface area (TPSA) is 50.1 Å². The maximum atomic E-state index is 13.2. The molecule has 0 aliphatic rings. The zero-order valence-corrected chi connectivity index (χ0v) is 10.2. The summed E-state index contributed by atoms with van der Waals surface area (Å²) in [7, 11) is 0. The maximum absolute atomic E-state index is 13.2. The third-order valence-corrected chi connectivity index (χ3v) is 2.72. The van der Waals surface area contributed by atoms with Crippen molar-refractivity contribution >= 4 is 5.97 Å². The van der Waals surface area contributed by atoms with Crippen LogP contribution < -0.4 is 0 Å². The van der Waals surface area contributed by atoms with Gasteiger partial charge in [-0.1, -0.05) is 6.07 Å². The van der Waals surface area contributed by atoms with E-state index in [2.05, 4.69) is 0 Å². The lowest BCUT2D eigenvalue weighted by molar-refractivity contribution is -0.149. The van der Waals surface area contributed by atoms with Crippen LogP contribution in [0.3, 0.4) is 0 Å². The first-order valence-corrected chi connectivity index (χ1v) is 5.45. The quantitative estimate of drug-likeness (QED) is 0.775. The summed E-state index contributed by atoms with van der Waals surface area (Å²) in [5.74, 6) is -2.68. The van der Waals surface area contributed by atoms with Crippen LogP contribution in [0.15, 0.2) is 18.2 Å². The van der Waals surface area contributed by atoms with Crippen LogP contribution in [-0.2, 0) is 14.9 Å². The Morgan fingerprint density at radius 3 is 2.61 bits per heavy atom. The summed E-state index contributed by atoms with van der Waals surface area (Å²) < 4.78 is 30.9. The molecular formula is C13H13F2NO2. The lowest BCUT2D eigenvalue weighted by Gasteiger charge is -2.25. The molecule has 0 aromatic heterocycles. The Kier molecular flexibility index (Phi) is 4.38. The number of nitriles is 1. The SMILES string of the molecule is CCOC(=O)C(C)(CC#N)c1ccc(F)c(F)c1. The molecule has 3 nitrogen and oxygen atoms in total. The van der Waals surface area contributed by atoms with Gasteiger partial charge in [-0.3, -0.25) is 4.79 Å². The lowest BCUT2D eigenvalue weighted by Crippen LogP contribution is -2.34. The van der Waals surface area contributed by atoms with Gasteiger partial charge in [0, 0.05) is 0 Å². The van der Waals surface area contributed by atoms with Crippen molar-refractivity contribution in [2.45, 2.75) is 25.7 Å². The summed E-state index contributed by atoms with van der Waals surface area (Å²) in [6, 6.07) is 5.00. The highest BCUT2D eigenvalue weighted by atomic mass is 19.2. The van der Waals surface area contributed by atoms with Gasteiger partial charge in [-0.2, -0.15) is 5.26 Å². The van der Waals surface area contributed by atoms with Gasteiger partial charge < -0.3 is 4.74 Å². The van der Waals surface area contributed by atoms with Crippen molar-refractivity contribution in [3.05, 3.63) is 35.4 Å². The first-order chi connectivity index (χ1) is 8.45. The Labute approximate surface area is 104 Å². The van der Waals surface area contributed by atoms with Crippen molar-refractivity contribution in [2.75, 3.05) is 6.61 Å². The van der Waals surface area contributed by atoms with Crippen LogP contribution in [-0.4, -0.2) is 12.6 Å². The van der Waals surface area contributed by atoms with Gasteiger partial charge in [-0.05, 0) is 31.5 Å². The number of halogens is 2. The van der Waals surface area contributed by atoms with E-state index in [1.54, 1.807) is 6.92 Å². The summed E-state index contributed by atoms with van der Waals surface area (Å²) in [5.41, 5.74) is -1.07. The van der Waals surface area contributed by atoms with E-state index in [0.717, 1.165) is 12.1 Å². The summed E-state index contributed by atoms with van der Waals surface area (Å²) in [4.78, 5) is 11.9. The van der Waals surface area contributed by atoms with Crippen LogP contribution in [0.2, 0.25) is 0 Å². The molecule has 0 radical (unpaired) electrons. The van der Waals surface area contributed by atoms with Gasteiger partial charge in [0.05, 0.1) is 19.1 Å². The minimum atomic E-state index is -1.29. The molecule has 0 aliphatic heterocycles. The van der Waals surface area contributed by atoms with Crippen molar-refractivity contribution in [2.24, 2.45) is 0 Å². The fourth-order valence-electron chi connectivity index (χ4n) is 1.58. The Morgan fingerprint density at radius 1 is 1.44 bits per heavy atom. The molecule has 1 aromatic carbocycles. The largest absolute Gasteiger partial charge is 0.465 e. The van der Waals surface area contributed by atoms with Crippen molar-refractivity contribution in [3.63, 3.8) is 0 Å². The monoisotopic (exact) mass is 253 g/mol. The number of rotatable bonds is 4. The molecule has 1 aromatic rings. The molecule has 0 amide bonds. The summed E-state index contributed by atoms with van der Waals surface area (Å²) in [5, 5.41) is 8.78. The Hall–Kier alpha value is -1.96. The molecule has 0 fully saturated rings. The molecule has 96 valence electrons. The van der Waals surface area contributed by atoms with E-state index < -0.39 is 23.0 Å². The second kappa shape index (κ2) is 5.58. The molecule has 1 atom stereocenters. The zero-order chi connectivity index (χ0) is 13.8. The lowest BCUT2D eigenvalue weighted by atomic mass is 9.80. The predicted octanol–water partition coefficient (Wildman–Crippen LogP) is 2.70. The Morgan fingerprint density at radius 2 is 2.11 bits per heavy atom. The second-order valence-electron chi connectivity index (χ2n) is 4.02. The number of carbonyl (C=O) groups excluding carboxylic acids is 1. The summed E-state index contributed by atoms with van der Waals surface area (Å²) >= 11 is 0. The van der Waals surface area contributed by atoms with E-state index >= 15 is 0 Å². The normalized spacial score (nSPS) is 13.5. The predicted molar refractivity (Wildman–Crippen MR) is 60.6 cm³/mol. The van der Waals surface area contributed by atoms with Crippen molar-refractivity contribution in [3.8, 4) is 6.07 Å². The molecular weight excluding hydrogens is 240 g/mol. The number of benzene rings is 1. The molecule has 5 heteroatoms. The van der Waals surface area contributed by atoms with Crippen LogP contribution in [0.4, 0.5) is 8.78 Å². The summed E-state index contributed by atoms with van der Waals surface area (Å²) in [6.07, 6.45) is -0.170. The van der Waals surface area contributed by atoms with E-state index in [0.29, 0.717) is 0 Å². The molecule has 0 saturated carbocycles. The van der Waals surface area contributed by atoms with E-state index in [1.165, 1.54) is 13.0 Å². The van der Waals surface area contributed by atoms with Crippen molar-refractivity contribution in [1.82, 2.24) is 0 Å². The molecule has 0 saturated heterocycles. The smallest absolute Gasteiger partial charge is 0.317 e. The van der Waals surface area contributed by atoms with Gasteiger partial charge in [0.1, 0.15) is 5.41 Å². The molecule has 0 heterocycles. The minimum Gasteiger partial charge on any atom is -0.465 e. The standard InChI is InChI=1S/C13H13F2NO2/c1-3-18-12(17)13(2,6-7-16)9-4-5-10(14)11(15)8-9/h4-5,8H,3,6H2,1-2H3. The van der Waals surface area contributed by atoms with Crippen molar-refractivity contribution in [1.29, 1.82) is 5.26 Å². The van der Waals surface area contributed by atoms with Gasteiger partial charge in [-0.15, -0.1) is 0 Å². The highest BCUT2D eigenvalue weighted by Crippen LogP contribution is 2.30. The van der Waals surface area contributed by atoms with Crippen LogP contribution in [0.5, 0.6) is 0 Å². The maximum Gasteiger partial charge on any atom is 0.317 e. The van der Waals surface area contributed by atoms with E-state index in [9.17, 15) is 13.6 Å². The van der Waals surface area contributed by atoms with Gasteiger partial charge in [0.2, 0.25) is 0 Å². The first-order valence-electron chi connectivity index (χ1n) is 5.45. The van der Waals surface area contributed by atoms with Gasteiger partial charge in [-0.25, -0.2) is 8.78 Å². The van der Waals surface area contributed by atoms with Gasteiger partial charge >= 0.3 is 5.97 Å². The minimum absolute atomic E-state index is 0.156. The molecule has 0 bridgehead atoms. The van der Waals surface area contributed by atoms with E-state index in [-0.39, 0.29) is 18.6 Å². The van der Waals surface area contributed by atoms with E-state index in [1.807, 2.05) is 6.07 Å². The molecule has 18 heavy (non-hydrogen) atoms. The fourth-order valence-corrected chi connectivity index (χ4v) is 1.58. The van der Waals surface area contributed by atoms with Gasteiger partial charge in [0.25, 0.3) is 0 Å². The first kappa shape index (κ1) is 14.1. The van der Waals surface area contributed by atoms with Crippen LogP contribution >= 0.6 is 0 Å². The van der Waals surface area contributed by atoms with Crippen LogP contribution in [0, 0.1) is 23.0 Å². The summed E-state index contributed by atoms with van der Waals surface area (Å²) in [6.45, 7) is 3.26. The Balaban J connectivity index is 3.22. The number of esters is 1. The number of carbonyl (C=O) groups is 1. The number of hydrogen-bond acceptors (Lipinski definition) is 3. The molecule has 0 spiro atoms.